The lowest BCUT2D eigenvalue weighted by Gasteiger charge is -2.66. The van der Waals surface area contributed by atoms with Crippen LogP contribution in [-0.4, -0.2) is 17.7 Å². The van der Waals surface area contributed by atoms with E-state index in [2.05, 4.69) is 33.4 Å². The van der Waals surface area contributed by atoms with E-state index in [0.29, 0.717) is 23.7 Å². The predicted octanol–water partition coefficient (Wildman–Crippen LogP) is 5.33. The zero-order valence-electron chi connectivity index (χ0n) is 17.1. The molecule has 0 N–H and O–H groups in total. The van der Waals surface area contributed by atoms with Gasteiger partial charge in [0.25, 0.3) is 0 Å². The fourth-order valence-electron chi connectivity index (χ4n) is 7.51. The van der Waals surface area contributed by atoms with E-state index < -0.39 is 0 Å². The molecule has 0 amide bonds. The van der Waals surface area contributed by atoms with E-state index in [1.54, 1.807) is 0 Å². The molecule has 1 spiro atoms. The normalized spacial score (nSPS) is 45.0. The van der Waals surface area contributed by atoms with Crippen molar-refractivity contribution >= 4 is 5.97 Å². The first kappa shape index (κ1) is 17.6. The molecule has 0 aromatic rings. The summed E-state index contributed by atoms with van der Waals surface area (Å²) in [6.07, 6.45) is 9.14. The highest BCUT2D eigenvalue weighted by atomic mass is 16.6. The van der Waals surface area contributed by atoms with E-state index in [0.717, 1.165) is 43.4 Å². The first-order chi connectivity index (χ1) is 12.8. The molecule has 2 aliphatic heterocycles. The minimum atomic E-state index is -0.208. The first-order valence-electron chi connectivity index (χ1n) is 10.7. The summed E-state index contributed by atoms with van der Waals surface area (Å²) < 4.78 is 12.4. The molecule has 5 rings (SSSR count). The van der Waals surface area contributed by atoms with E-state index in [1.807, 2.05) is 6.92 Å². The number of fused-ring (bicyclic) bond motifs is 2. The molecule has 5 aliphatic rings. The molecule has 27 heavy (non-hydrogen) atoms. The van der Waals surface area contributed by atoms with E-state index in [-0.39, 0.29) is 23.1 Å². The summed E-state index contributed by atoms with van der Waals surface area (Å²) in [6.45, 7) is 13.1. The molecule has 0 bridgehead atoms. The summed E-state index contributed by atoms with van der Waals surface area (Å²) in [5, 5.41) is 0. The number of hydrogen-bond acceptors (Lipinski definition) is 3. The third kappa shape index (κ3) is 2.12. The fraction of sp³-hybridized carbons (Fsp3) is 0.708. The number of allylic oxidation sites excluding steroid dienone is 3. The number of esters is 1. The smallest absolute Gasteiger partial charge is 0.338 e. The largest absolute Gasteiger partial charge is 0.492 e. The summed E-state index contributed by atoms with van der Waals surface area (Å²) >= 11 is 0. The lowest BCUT2D eigenvalue weighted by Crippen LogP contribution is -2.69. The van der Waals surface area contributed by atoms with Crippen LogP contribution in [0.15, 0.2) is 35.1 Å². The molecule has 2 heterocycles. The maximum Gasteiger partial charge on any atom is 0.338 e. The molecule has 0 aromatic heterocycles. The van der Waals surface area contributed by atoms with E-state index in [1.165, 1.54) is 17.6 Å². The summed E-state index contributed by atoms with van der Waals surface area (Å²) in [4.78, 5) is 13.0. The van der Waals surface area contributed by atoms with Crippen molar-refractivity contribution in [1.82, 2.24) is 0 Å². The second-order valence-corrected chi connectivity index (χ2v) is 10.2. The van der Waals surface area contributed by atoms with Crippen LogP contribution < -0.4 is 0 Å². The van der Waals surface area contributed by atoms with Crippen LogP contribution in [0.4, 0.5) is 0 Å². The summed E-state index contributed by atoms with van der Waals surface area (Å²) in [7, 11) is 0. The summed E-state index contributed by atoms with van der Waals surface area (Å²) in [5.41, 5.74) is 3.55. The maximum absolute atomic E-state index is 13.0. The van der Waals surface area contributed by atoms with Crippen molar-refractivity contribution in [2.45, 2.75) is 77.9 Å². The van der Waals surface area contributed by atoms with Gasteiger partial charge in [-0.1, -0.05) is 23.8 Å². The number of hydrogen-bond donors (Lipinski definition) is 0. The van der Waals surface area contributed by atoms with Crippen molar-refractivity contribution in [2.75, 3.05) is 0 Å². The monoisotopic (exact) mass is 368 g/mol. The highest BCUT2D eigenvalue weighted by molar-refractivity contribution is 5.92. The Morgan fingerprint density at radius 1 is 1.15 bits per heavy atom. The van der Waals surface area contributed by atoms with E-state index >= 15 is 0 Å². The molecular weight excluding hydrogens is 336 g/mol. The number of carbonyl (C=O) groups is 1. The van der Waals surface area contributed by atoms with Gasteiger partial charge in [0, 0.05) is 23.2 Å². The van der Waals surface area contributed by atoms with Crippen LogP contribution in [0, 0.1) is 29.1 Å². The predicted molar refractivity (Wildman–Crippen MR) is 105 cm³/mol. The van der Waals surface area contributed by atoms with Gasteiger partial charge in [-0.25, -0.2) is 4.79 Å². The Labute approximate surface area is 162 Å². The van der Waals surface area contributed by atoms with Crippen LogP contribution >= 0.6 is 0 Å². The van der Waals surface area contributed by atoms with E-state index in [4.69, 9.17) is 9.47 Å². The van der Waals surface area contributed by atoms with E-state index in [9.17, 15) is 4.79 Å². The lowest BCUT2D eigenvalue weighted by atomic mass is 9.42. The quantitative estimate of drug-likeness (QED) is 0.428. The SMILES string of the molecule is C=C1CCC=C(C)CCC2C1C1OC(=O)C3=C(C)OC(C)(C)C4CCC21C34. The lowest BCUT2D eigenvalue weighted by molar-refractivity contribution is -0.237. The van der Waals surface area contributed by atoms with Gasteiger partial charge in [0.15, 0.2) is 0 Å². The number of rotatable bonds is 0. The van der Waals surface area contributed by atoms with Gasteiger partial charge in [0.1, 0.15) is 17.5 Å². The maximum atomic E-state index is 13.0. The van der Waals surface area contributed by atoms with Crippen LogP contribution in [0.5, 0.6) is 0 Å². The number of ether oxygens (including phenoxy) is 2. The highest BCUT2D eigenvalue weighted by Crippen LogP contribution is 2.74. The molecule has 3 heteroatoms. The molecule has 3 nitrogen and oxygen atoms in total. The molecule has 2 saturated carbocycles. The van der Waals surface area contributed by atoms with Crippen molar-refractivity contribution in [3.05, 3.63) is 35.1 Å². The van der Waals surface area contributed by atoms with Gasteiger partial charge < -0.3 is 9.47 Å². The Morgan fingerprint density at radius 2 is 1.93 bits per heavy atom. The van der Waals surface area contributed by atoms with Crippen LogP contribution in [-0.2, 0) is 14.3 Å². The van der Waals surface area contributed by atoms with Crippen LogP contribution in [0.3, 0.4) is 0 Å². The van der Waals surface area contributed by atoms with Gasteiger partial charge in [0.05, 0.1) is 5.57 Å². The van der Waals surface area contributed by atoms with Gasteiger partial charge >= 0.3 is 5.97 Å². The average Bonchev–Trinajstić information content (AvgIpc) is 3.00. The molecule has 6 atom stereocenters. The molecule has 3 fully saturated rings. The van der Waals surface area contributed by atoms with Crippen molar-refractivity contribution in [2.24, 2.45) is 29.1 Å². The third-order valence-corrected chi connectivity index (χ3v) is 8.58. The first-order valence-corrected chi connectivity index (χ1v) is 10.7. The Bertz CT molecular complexity index is 785. The zero-order valence-corrected chi connectivity index (χ0v) is 17.1. The molecule has 0 radical (unpaired) electrons. The van der Waals surface area contributed by atoms with Gasteiger partial charge in [-0.05, 0) is 72.1 Å². The molecule has 1 saturated heterocycles. The second kappa shape index (κ2) is 5.52. The van der Waals surface area contributed by atoms with Crippen molar-refractivity contribution < 1.29 is 14.3 Å². The Hall–Kier alpha value is -1.51. The fourth-order valence-corrected chi connectivity index (χ4v) is 7.51. The Kier molecular flexibility index (Phi) is 3.59. The Morgan fingerprint density at radius 3 is 2.70 bits per heavy atom. The average molecular weight is 369 g/mol. The van der Waals surface area contributed by atoms with Crippen LogP contribution in [0.25, 0.3) is 0 Å². The van der Waals surface area contributed by atoms with Crippen molar-refractivity contribution in [1.29, 1.82) is 0 Å². The van der Waals surface area contributed by atoms with Gasteiger partial charge in [-0.15, -0.1) is 0 Å². The van der Waals surface area contributed by atoms with Crippen LogP contribution in [0.2, 0.25) is 0 Å². The second-order valence-electron chi connectivity index (χ2n) is 10.2. The number of carbonyl (C=O) groups excluding carboxylic acids is 1. The van der Waals surface area contributed by atoms with Gasteiger partial charge in [-0.3, -0.25) is 0 Å². The topological polar surface area (TPSA) is 35.5 Å². The minimum absolute atomic E-state index is 0.0290. The standard InChI is InChI=1S/C24H32O3/c1-13-7-6-8-14(2)18-16(10-9-13)24-12-11-17-20(24)19(22(25)26-21(18)24)15(3)27-23(17,4)5/h7,16-18,20-21H,2,6,8-12H2,1,3-5H3. The zero-order chi connectivity index (χ0) is 19.1. The van der Waals surface area contributed by atoms with Crippen molar-refractivity contribution in [3.8, 4) is 0 Å². The Balaban J connectivity index is 1.62. The third-order valence-electron chi connectivity index (χ3n) is 8.58. The molecule has 146 valence electrons. The highest BCUT2D eigenvalue weighted by Gasteiger charge is 2.75. The molecule has 3 aliphatic carbocycles. The minimum Gasteiger partial charge on any atom is -0.492 e. The molecular formula is C24H32O3. The summed E-state index contributed by atoms with van der Waals surface area (Å²) in [6, 6.07) is 0. The van der Waals surface area contributed by atoms with Gasteiger partial charge in [-0.2, -0.15) is 0 Å². The van der Waals surface area contributed by atoms with Crippen molar-refractivity contribution in [3.63, 3.8) is 0 Å². The molecule has 0 aromatic carbocycles. The van der Waals surface area contributed by atoms with Gasteiger partial charge in [0.2, 0.25) is 0 Å². The summed E-state index contributed by atoms with van der Waals surface area (Å²) in [5.74, 6) is 2.31. The van der Waals surface area contributed by atoms with Crippen LogP contribution in [0.1, 0.15) is 66.2 Å². The molecule has 6 unspecified atom stereocenters.